The van der Waals surface area contributed by atoms with Gasteiger partial charge in [-0.05, 0) is 52.7 Å². The summed E-state index contributed by atoms with van der Waals surface area (Å²) >= 11 is 14.4. The van der Waals surface area contributed by atoms with Gasteiger partial charge in [-0.1, -0.05) is 23.8 Å². The molecule has 0 spiro atoms. The van der Waals surface area contributed by atoms with Gasteiger partial charge in [-0.15, -0.1) is 0 Å². The molecule has 3 N–H and O–H groups in total. The second-order valence-corrected chi connectivity index (χ2v) is 5.70. The molecule has 0 unspecified atom stereocenters. The number of nitrogens with one attached hydrogen (secondary N) is 1. The van der Waals surface area contributed by atoms with Gasteiger partial charge in [0.2, 0.25) is 0 Å². The van der Waals surface area contributed by atoms with Crippen molar-refractivity contribution in [3.8, 4) is 0 Å². The van der Waals surface area contributed by atoms with Crippen LogP contribution in [0, 0.1) is 6.92 Å². The van der Waals surface area contributed by atoms with E-state index in [0.717, 1.165) is 21.3 Å². The summed E-state index contributed by atoms with van der Waals surface area (Å²) in [6, 6.07) is 7.33. The highest BCUT2D eigenvalue weighted by molar-refractivity contribution is 9.10. The summed E-state index contributed by atoms with van der Waals surface area (Å²) in [7, 11) is 0. The number of benzene rings is 1. The monoisotopic (exact) mass is 355 g/mol. The Morgan fingerprint density at radius 3 is 2.79 bits per heavy atom. The van der Waals surface area contributed by atoms with E-state index in [1.807, 2.05) is 19.1 Å². The molecule has 19 heavy (non-hydrogen) atoms. The van der Waals surface area contributed by atoms with Crippen LogP contribution in [-0.2, 0) is 0 Å². The van der Waals surface area contributed by atoms with E-state index in [4.69, 9.17) is 29.6 Å². The first-order valence-corrected chi connectivity index (χ1v) is 7.04. The van der Waals surface area contributed by atoms with E-state index in [-0.39, 0.29) is 0 Å². The van der Waals surface area contributed by atoms with Crippen LogP contribution in [0.2, 0.25) is 5.02 Å². The number of rotatable bonds is 3. The number of nitrogens with zero attached hydrogens (tertiary/aromatic N) is 1. The van der Waals surface area contributed by atoms with E-state index < -0.39 is 0 Å². The Kier molecular flexibility index (Phi) is 4.39. The zero-order valence-electron chi connectivity index (χ0n) is 10.1. The second-order valence-electron chi connectivity index (χ2n) is 3.96. The number of nitrogens with two attached hydrogens (primary N) is 1. The van der Waals surface area contributed by atoms with Crippen LogP contribution < -0.4 is 11.1 Å². The van der Waals surface area contributed by atoms with E-state index in [1.165, 1.54) is 0 Å². The van der Waals surface area contributed by atoms with Crippen LogP contribution >= 0.6 is 39.7 Å². The van der Waals surface area contributed by atoms with Crippen molar-refractivity contribution < 1.29 is 0 Å². The van der Waals surface area contributed by atoms with Crippen LogP contribution in [0.3, 0.4) is 0 Å². The lowest BCUT2D eigenvalue weighted by molar-refractivity contribution is 1.26. The molecule has 1 heterocycles. The molecule has 0 atom stereocenters. The molecular formula is C13H11BrClN3S. The Morgan fingerprint density at radius 2 is 2.16 bits per heavy atom. The average Bonchev–Trinajstić information content (AvgIpc) is 2.32. The van der Waals surface area contributed by atoms with E-state index in [0.29, 0.717) is 15.8 Å². The van der Waals surface area contributed by atoms with E-state index in [2.05, 4.69) is 26.2 Å². The fourth-order valence-electron chi connectivity index (χ4n) is 1.68. The number of thiocarbonyl (C=S) groups is 1. The molecule has 1 aromatic heterocycles. The zero-order chi connectivity index (χ0) is 14.0. The number of aromatic nitrogens is 1. The highest BCUT2D eigenvalue weighted by Crippen LogP contribution is 2.29. The molecule has 2 rings (SSSR count). The third-order valence-electron chi connectivity index (χ3n) is 2.59. The average molecular weight is 357 g/mol. The van der Waals surface area contributed by atoms with Gasteiger partial charge >= 0.3 is 0 Å². The van der Waals surface area contributed by atoms with Crippen molar-refractivity contribution in [2.24, 2.45) is 5.73 Å². The molecule has 1 aromatic carbocycles. The fraction of sp³-hybridized carbons (Fsp3) is 0.0769. The lowest BCUT2D eigenvalue weighted by Crippen LogP contribution is -2.14. The second kappa shape index (κ2) is 5.86. The molecule has 0 fully saturated rings. The van der Waals surface area contributed by atoms with Gasteiger partial charge < -0.3 is 11.1 Å². The van der Waals surface area contributed by atoms with Crippen LogP contribution in [0.1, 0.15) is 11.1 Å². The van der Waals surface area contributed by atoms with Gasteiger partial charge in [0.05, 0.1) is 11.3 Å². The van der Waals surface area contributed by atoms with E-state index in [9.17, 15) is 0 Å². The van der Waals surface area contributed by atoms with Crippen LogP contribution in [0.5, 0.6) is 0 Å². The molecule has 0 bridgehead atoms. The van der Waals surface area contributed by atoms with Crippen molar-refractivity contribution in [2.75, 3.05) is 5.32 Å². The molecular weight excluding hydrogens is 346 g/mol. The third-order valence-corrected chi connectivity index (χ3v) is 3.69. The molecule has 0 saturated carbocycles. The van der Waals surface area contributed by atoms with Gasteiger partial charge in [-0.3, -0.25) is 0 Å². The van der Waals surface area contributed by atoms with Gasteiger partial charge in [0.25, 0.3) is 0 Å². The topological polar surface area (TPSA) is 50.9 Å². The van der Waals surface area contributed by atoms with Crippen molar-refractivity contribution in [3.05, 3.63) is 51.1 Å². The highest BCUT2D eigenvalue weighted by atomic mass is 79.9. The molecule has 98 valence electrons. The van der Waals surface area contributed by atoms with Crippen molar-refractivity contribution in [2.45, 2.75) is 6.92 Å². The number of hydrogen-bond acceptors (Lipinski definition) is 3. The lowest BCUT2D eigenvalue weighted by atomic mass is 10.1. The van der Waals surface area contributed by atoms with Crippen molar-refractivity contribution >= 4 is 56.2 Å². The maximum atomic E-state index is 5.91. The lowest BCUT2D eigenvalue weighted by Gasteiger charge is -2.13. The number of halogens is 2. The summed E-state index contributed by atoms with van der Waals surface area (Å²) in [5, 5.41) is 3.86. The first-order valence-electron chi connectivity index (χ1n) is 5.46. The van der Waals surface area contributed by atoms with Crippen LogP contribution in [-0.4, -0.2) is 9.97 Å². The van der Waals surface area contributed by atoms with Crippen molar-refractivity contribution in [1.82, 2.24) is 4.98 Å². The van der Waals surface area contributed by atoms with Crippen molar-refractivity contribution in [3.63, 3.8) is 0 Å². The van der Waals surface area contributed by atoms with Gasteiger partial charge in [0.1, 0.15) is 10.8 Å². The molecule has 0 saturated heterocycles. The van der Waals surface area contributed by atoms with Crippen LogP contribution in [0.4, 0.5) is 11.5 Å². The maximum Gasteiger partial charge on any atom is 0.140 e. The molecule has 0 aliphatic heterocycles. The molecule has 0 aliphatic rings. The summed E-state index contributed by atoms with van der Waals surface area (Å²) in [5.74, 6) is 0.635. The summed E-state index contributed by atoms with van der Waals surface area (Å²) < 4.78 is 0.845. The van der Waals surface area contributed by atoms with Crippen LogP contribution in [0.25, 0.3) is 0 Å². The molecule has 6 heteroatoms. The van der Waals surface area contributed by atoms with Crippen LogP contribution in [0.15, 0.2) is 34.9 Å². The SMILES string of the molecule is Cc1ccnc(Nc2ccc(Cl)cc2Br)c1C(N)=S. The third kappa shape index (κ3) is 3.23. The summed E-state index contributed by atoms with van der Waals surface area (Å²) in [6.07, 6.45) is 1.71. The Morgan fingerprint density at radius 1 is 1.42 bits per heavy atom. The number of hydrogen-bond donors (Lipinski definition) is 2. The first-order chi connectivity index (χ1) is 8.99. The number of aryl methyl sites for hydroxylation is 1. The summed E-state index contributed by atoms with van der Waals surface area (Å²) in [5.41, 5.74) is 8.33. The summed E-state index contributed by atoms with van der Waals surface area (Å²) in [6.45, 7) is 1.94. The minimum Gasteiger partial charge on any atom is -0.389 e. The Labute approximate surface area is 130 Å². The number of anilines is 2. The molecule has 0 amide bonds. The number of pyridine rings is 1. The van der Waals surface area contributed by atoms with E-state index in [1.54, 1.807) is 18.3 Å². The largest absolute Gasteiger partial charge is 0.389 e. The Balaban J connectivity index is 2.44. The van der Waals surface area contributed by atoms with Gasteiger partial charge in [-0.2, -0.15) is 0 Å². The Bertz CT molecular complexity index is 646. The van der Waals surface area contributed by atoms with Gasteiger partial charge in [0, 0.05) is 15.7 Å². The highest BCUT2D eigenvalue weighted by Gasteiger charge is 2.11. The maximum absolute atomic E-state index is 5.91. The first kappa shape index (κ1) is 14.2. The van der Waals surface area contributed by atoms with Crippen molar-refractivity contribution in [1.29, 1.82) is 0 Å². The normalized spacial score (nSPS) is 10.3. The van der Waals surface area contributed by atoms with Gasteiger partial charge in [-0.25, -0.2) is 4.98 Å². The minimum absolute atomic E-state index is 0.318. The fourth-order valence-corrected chi connectivity index (χ4v) is 2.72. The zero-order valence-corrected chi connectivity index (χ0v) is 13.2. The molecule has 3 nitrogen and oxygen atoms in total. The molecule has 0 radical (unpaired) electrons. The molecule has 0 aliphatic carbocycles. The standard InChI is InChI=1S/C13H11BrClN3S/c1-7-4-5-17-13(11(7)12(16)19)18-10-3-2-8(15)6-9(10)14/h2-6H,1H3,(H2,16,19)(H,17,18). The Hall–Kier alpha value is -1.17. The molecule has 2 aromatic rings. The quantitative estimate of drug-likeness (QED) is 0.810. The smallest absolute Gasteiger partial charge is 0.140 e. The van der Waals surface area contributed by atoms with E-state index >= 15 is 0 Å². The van der Waals surface area contributed by atoms with Gasteiger partial charge in [0.15, 0.2) is 0 Å². The predicted octanol–water partition coefficient (Wildman–Crippen LogP) is 4.18. The summed E-state index contributed by atoms with van der Waals surface area (Å²) in [4.78, 5) is 4.60. The predicted molar refractivity (Wildman–Crippen MR) is 87.3 cm³/mol. The minimum atomic E-state index is 0.318.